The number of nitrogens with one attached hydrogen (secondary N) is 1. The largest absolute Gasteiger partial charge is 0.306 e. The fourth-order valence-corrected chi connectivity index (χ4v) is 4.32. The van der Waals surface area contributed by atoms with Crippen LogP contribution in [0.15, 0.2) is 72.8 Å². The van der Waals surface area contributed by atoms with Gasteiger partial charge in [0.05, 0.1) is 22.5 Å². The van der Waals surface area contributed by atoms with E-state index in [-0.39, 0.29) is 11.5 Å². The van der Waals surface area contributed by atoms with Crippen LogP contribution in [-0.2, 0) is 6.54 Å². The Bertz CT molecular complexity index is 1340. The van der Waals surface area contributed by atoms with Crippen molar-refractivity contribution in [3.63, 3.8) is 0 Å². The van der Waals surface area contributed by atoms with E-state index in [2.05, 4.69) is 20.2 Å². The van der Waals surface area contributed by atoms with Gasteiger partial charge in [-0.3, -0.25) is 9.69 Å². The van der Waals surface area contributed by atoms with Gasteiger partial charge < -0.3 is 5.32 Å². The summed E-state index contributed by atoms with van der Waals surface area (Å²) in [5, 5.41) is 3.68. The number of anilines is 1. The Kier molecular flexibility index (Phi) is 6.27. The van der Waals surface area contributed by atoms with Gasteiger partial charge >= 0.3 is 0 Å². The van der Waals surface area contributed by atoms with Crippen molar-refractivity contribution in [1.29, 1.82) is 0 Å². The highest BCUT2D eigenvalue weighted by atomic mass is 19.3. The number of rotatable bonds is 6. The highest BCUT2D eigenvalue weighted by Gasteiger charge is 2.16. The molecule has 0 saturated carbocycles. The molecular formula is C27H24F2N4O. The van der Waals surface area contributed by atoms with Gasteiger partial charge in [0.1, 0.15) is 5.82 Å². The molecular weight excluding hydrogens is 434 g/mol. The number of hydrogen-bond donors (Lipinski definition) is 1. The van der Waals surface area contributed by atoms with Crippen molar-refractivity contribution < 1.29 is 13.6 Å². The lowest BCUT2D eigenvalue weighted by molar-refractivity contribution is 0.102. The number of nitrogens with zero attached hydrogens (tertiary/aromatic N) is 3. The molecule has 0 radical (unpaired) electrons. The molecule has 1 aliphatic heterocycles. The molecule has 34 heavy (non-hydrogen) atoms. The number of aromatic nitrogens is 2. The number of carbonyl (C=O) groups is 1. The number of fused-ring (bicyclic) bond motifs is 1. The normalized spacial score (nSPS) is 14.1. The van der Waals surface area contributed by atoms with Gasteiger partial charge in [0.15, 0.2) is 0 Å². The molecule has 5 rings (SSSR count). The zero-order chi connectivity index (χ0) is 23.5. The van der Waals surface area contributed by atoms with E-state index in [1.807, 2.05) is 24.3 Å². The second-order valence-corrected chi connectivity index (χ2v) is 8.45. The van der Waals surface area contributed by atoms with Gasteiger partial charge in [-0.25, -0.2) is 18.7 Å². The summed E-state index contributed by atoms with van der Waals surface area (Å²) < 4.78 is 26.3. The molecule has 1 aliphatic rings. The van der Waals surface area contributed by atoms with Crippen LogP contribution in [-0.4, -0.2) is 33.9 Å². The first kappa shape index (κ1) is 22.1. The highest BCUT2D eigenvalue weighted by Crippen LogP contribution is 2.27. The molecule has 172 valence electrons. The van der Waals surface area contributed by atoms with E-state index < -0.39 is 6.43 Å². The molecule has 0 spiro atoms. The standard InChI is InChI=1S/C27H24F2N4O/c28-26(29)20-8-3-7-19(16-20)23-13-12-18-6-4-10-22(25(18)31-23)27(34)32-24-11-5-9-21(30-24)17-33-14-1-2-15-33/h3-13,16,26H,1-2,14-15,17H2,(H,30,32,34). The Morgan fingerprint density at radius 1 is 0.941 bits per heavy atom. The first-order valence-corrected chi connectivity index (χ1v) is 11.3. The monoisotopic (exact) mass is 458 g/mol. The number of para-hydroxylation sites is 1. The maximum Gasteiger partial charge on any atom is 0.263 e. The van der Waals surface area contributed by atoms with Crippen LogP contribution in [0.1, 0.15) is 40.9 Å². The number of pyridine rings is 2. The highest BCUT2D eigenvalue weighted by molar-refractivity contribution is 6.11. The Balaban J connectivity index is 1.42. The maximum atomic E-state index is 13.2. The van der Waals surface area contributed by atoms with Crippen LogP contribution >= 0.6 is 0 Å². The molecule has 1 fully saturated rings. The van der Waals surface area contributed by atoms with Crippen LogP contribution in [0.2, 0.25) is 0 Å². The van der Waals surface area contributed by atoms with E-state index in [0.29, 0.717) is 28.2 Å². The lowest BCUT2D eigenvalue weighted by Gasteiger charge is -2.14. The topological polar surface area (TPSA) is 58.1 Å². The SMILES string of the molecule is O=C(Nc1cccc(CN2CCCC2)n1)c1cccc2ccc(-c3cccc(C(F)F)c3)nc12. The van der Waals surface area contributed by atoms with Gasteiger partial charge in [0, 0.05) is 23.1 Å². The summed E-state index contributed by atoms with van der Waals surface area (Å²) >= 11 is 0. The molecule has 1 amide bonds. The van der Waals surface area contributed by atoms with Crippen molar-refractivity contribution in [1.82, 2.24) is 14.9 Å². The fourth-order valence-electron chi connectivity index (χ4n) is 4.32. The molecule has 7 heteroatoms. The van der Waals surface area contributed by atoms with Gasteiger partial charge in [-0.15, -0.1) is 0 Å². The summed E-state index contributed by atoms with van der Waals surface area (Å²) in [5.74, 6) is 0.168. The molecule has 2 aromatic heterocycles. The Hall–Kier alpha value is -3.71. The van der Waals surface area contributed by atoms with Gasteiger partial charge in [0.25, 0.3) is 12.3 Å². The van der Waals surface area contributed by atoms with Crippen molar-refractivity contribution >= 4 is 22.6 Å². The lowest BCUT2D eigenvalue weighted by Crippen LogP contribution is -2.20. The van der Waals surface area contributed by atoms with Crippen LogP contribution in [0.5, 0.6) is 0 Å². The summed E-state index contributed by atoms with van der Waals surface area (Å²) in [5.41, 5.74) is 2.86. The van der Waals surface area contributed by atoms with Crippen LogP contribution in [0.25, 0.3) is 22.2 Å². The van der Waals surface area contributed by atoms with E-state index in [9.17, 15) is 13.6 Å². The fraction of sp³-hybridized carbons (Fsp3) is 0.222. The van der Waals surface area contributed by atoms with Gasteiger partial charge in [-0.05, 0) is 56.3 Å². The van der Waals surface area contributed by atoms with Gasteiger partial charge in [-0.2, -0.15) is 0 Å². The van der Waals surface area contributed by atoms with E-state index in [0.717, 1.165) is 30.7 Å². The predicted molar refractivity (Wildman–Crippen MR) is 129 cm³/mol. The average Bonchev–Trinajstić information content (AvgIpc) is 3.36. The minimum Gasteiger partial charge on any atom is -0.306 e. The van der Waals surface area contributed by atoms with E-state index >= 15 is 0 Å². The van der Waals surface area contributed by atoms with Crippen LogP contribution in [0, 0.1) is 0 Å². The Labute approximate surface area is 196 Å². The molecule has 1 saturated heterocycles. The molecule has 4 aromatic rings. The first-order valence-electron chi connectivity index (χ1n) is 11.3. The number of hydrogen-bond acceptors (Lipinski definition) is 4. The van der Waals surface area contributed by atoms with E-state index in [1.54, 1.807) is 36.4 Å². The van der Waals surface area contributed by atoms with Crippen molar-refractivity contribution in [3.05, 3.63) is 89.6 Å². The van der Waals surface area contributed by atoms with Crippen LogP contribution in [0.4, 0.5) is 14.6 Å². The van der Waals surface area contributed by atoms with E-state index in [1.165, 1.54) is 25.0 Å². The summed E-state index contributed by atoms with van der Waals surface area (Å²) in [6.07, 6.45) is -0.145. The van der Waals surface area contributed by atoms with Crippen molar-refractivity contribution in [2.75, 3.05) is 18.4 Å². The Morgan fingerprint density at radius 3 is 2.56 bits per heavy atom. The van der Waals surface area contributed by atoms with Crippen molar-refractivity contribution in [2.45, 2.75) is 25.8 Å². The molecule has 3 heterocycles. The van der Waals surface area contributed by atoms with Crippen LogP contribution < -0.4 is 5.32 Å². The number of alkyl halides is 2. The second-order valence-electron chi connectivity index (χ2n) is 8.45. The molecule has 0 bridgehead atoms. The second kappa shape index (κ2) is 9.65. The number of halogens is 2. The molecule has 0 aliphatic carbocycles. The Morgan fingerprint density at radius 2 is 1.74 bits per heavy atom. The van der Waals surface area contributed by atoms with Gasteiger partial charge in [-0.1, -0.05) is 42.5 Å². The van der Waals surface area contributed by atoms with Crippen LogP contribution in [0.3, 0.4) is 0 Å². The van der Waals surface area contributed by atoms with Crippen molar-refractivity contribution in [3.8, 4) is 11.3 Å². The number of carbonyl (C=O) groups excluding carboxylic acids is 1. The minimum atomic E-state index is -2.56. The quantitative estimate of drug-likeness (QED) is 0.380. The zero-order valence-corrected chi connectivity index (χ0v) is 18.5. The summed E-state index contributed by atoms with van der Waals surface area (Å²) in [7, 11) is 0. The third-order valence-electron chi connectivity index (χ3n) is 6.03. The first-order chi connectivity index (χ1) is 16.6. The maximum absolute atomic E-state index is 13.2. The summed E-state index contributed by atoms with van der Waals surface area (Å²) in [4.78, 5) is 24.8. The van der Waals surface area contributed by atoms with Gasteiger partial charge in [0.2, 0.25) is 0 Å². The number of amides is 1. The average molecular weight is 459 g/mol. The zero-order valence-electron chi connectivity index (χ0n) is 18.5. The van der Waals surface area contributed by atoms with E-state index in [4.69, 9.17) is 0 Å². The molecule has 1 N–H and O–H groups in total. The summed E-state index contributed by atoms with van der Waals surface area (Å²) in [6.45, 7) is 2.91. The summed E-state index contributed by atoms with van der Waals surface area (Å²) in [6, 6.07) is 20.8. The minimum absolute atomic E-state index is 0.0645. The predicted octanol–water partition coefficient (Wildman–Crippen LogP) is 6.08. The molecule has 2 aromatic carbocycles. The molecule has 5 nitrogen and oxygen atoms in total. The molecule has 0 atom stereocenters. The third kappa shape index (κ3) is 4.79. The third-order valence-corrected chi connectivity index (χ3v) is 6.03. The van der Waals surface area contributed by atoms with Crippen molar-refractivity contribution in [2.24, 2.45) is 0 Å². The lowest BCUT2D eigenvalue weighted by atomic mass is 10.0. The number of benzene rings is 2. The molecule has 0 unspecified atom stereocenters. The smallest absolute Gasteiger partial charge is 0.263 e. The number of likely N-dealkylation sites (tertiary alicyclic amines) is 1.